The van der Waals surface area contributed by atoms with Crippen LogP contribution < -0.4 is 10.0 Å². The van der Waals surface area contributed by atoms with Crippen LogP contribution in [0.2, 0.25) is 0 Å². The summed E-state index contributed by atoms with van der Waals surface area (Å²) in [5.74, 6) is 0.667. The van der Waals surface area contributed by atoms with E-state index in [-0.39, 0.29) is 0 Å². The third-order valence-electron chi connectivity index (χ3n) is 3.94. The highest BCUT2D eigenvalue weighted by Gasteiger charge is 2.32. The maximum Gasteiger partial charge on any atom is 0.196 e. The number of benzene rings is 1. The molecule has 2 heterocycles. The number of aromatic nitrogens is 1. The second-order valence-corrected chi connectivity index (χ2v) is 5.07. The zero-order valence-corrected chi connectivity index (χ0v) is 10.8. The standard InChI is InChI=1S/C16H18N2O/c19-18-11-5-4-8-16(18)14-9-10-17-12-15(14)13-6-2-1-3-7-13/h1-8,11,14-15,17H,9-10,12H2. The van der Waals surface area contributed by atoms with E-state index in [0.717, 1.165) is 29.9 Å². The van der Waals surface area contributed by atoms with Gasteiger partial charge in [-0.1, -0.05) is 36.4 Å². The van der Waals surface area contributed by atoms with Crippen molar-refractivity contribution in [2.24, 2.45) is 0 Å². The lowest BCUT2D eigenvalue weighted by molar-refractivity contribution is -0.616. The molecule has 19 heavy (non-hydrogen) atoms. The van der Waals surface area contributed by atoms with Crippen molar-refractivity contribution in [3.63, 3.8) is 0 Å². The largest absolute Gasteiger partial charge is 0.618 e. The Kier molecular flexibility index (Phi) is 3.47. The number of nitrogens with one attached hydrogen (secondary N) is 1. The Labute approximate surface area is 113 Å². The zero-order valence-electron chi connectivity index (χ0n) is 10.8. The third kappa shape index (κ3) is 2.47. The molecule has 2 aromatic rings. The molecule has 1 aromatic heterocycles. The molecular weight excluding hydrogens is 236 g/mol. The van der Waals surface area contributed by atoms with E-state index in [1.54, 1.807) is 12.3 Å². The van der Waals surface area contributed by atoms with Crippen LogP contribution in [0.15, 0.2) is 54.7 Å². The van der Waals surface area contributed by atoms with Crippen molar-refractivity contribution in [2.45, 2.75) is 18.3 Å². The van der Waals surface area contributed by atoms with Crippen LogP contribution in [0.5, 0.6) is 0 Å². The number of nitrogens with zero attached hydrogens (tertiary/aromatic N) is 1. The fourth-order valence-corrected chi connectivity index (χ4v) is 2.99. The highest BCUT2D eigenvalue weighted by atomic mass is 16.5. The van der Waals surface area contributed by atoms with E-state index >= 15 is 0 Å². The van der Waals surface area contributed by atoms with Crippen LogP contribution in [-0.2, 0) is 0 Å². The Morgan fingerprint density at radius 1 is 1.00 bits per heavy atom. The van der Waals surface area contributed by atoms with Gasteiger partial charge in [0.2, 0.25) is 0 Å². The van der Waals surface area contributed by atoms with Gasteiger partial charge in [0.05, 0.1) is 5.92 Å². The maximum atomic E-state index is 12.0. The second-order valence-electron chi connectivity index (χ2n) is 5.07. The zero-order chi connectivity index (χ0) is 13.1. The van der Waals surface area contributed by atoms with Gasteiger partial charge in [-0.25, -0.2) is 0 Å². The number of piperidine rings is 1. The van der Waals surface area contributed by atoms with Crippen LogP contribution in [0.4, 0.5) is 0 Å². The molecule has 1 N–H and O–H groups in total. The topological polar surface area (TPSA) is 39.0 Å². The number of hydrogen-bond acceptors (Lipinski definition) is 2. The van der Waals surface area contributed by atoms with E-state index in [1.165, 1.54) is 5.56 Å². The Morgan fingerprint density at radius 3 is 2.58 bits per heavy atom. The summed E-state index contributed by atoms with van der Waals surface area (Å²) in [4.78, 5) is 0. The van der Waals surface area contributed by atoms with Gasteiger partial charge in [-0.05, 0) is 18.5 Å². The lowest BCUT2D eigenvalue weighted by Crippen LogP contribution is -2.40. The molecule has 1 aromatic carbocycles. The van der Waals surface area contributed by atoms with Crippen LogP contribution in [0.3, 0.4) is 0 Å². The molecule has 3 nitrogen and oxygen atoms in total. The first-order chi connectivity index (χ1) is 9.36. The SMILES string of the molecule is [O-][n+]1ccccc1C1CCNCC1c1ccccc1. The van der Waals surface area contributed by atoms with Crippen LogP contribution in [0.25, 0.3) is 0 Å². The van der Waals surface area contributed by atoms with E-state index in [9.17, 15) is 5.21 Å². The summed E-state index contributed by atoms with van der Waals surface area (Å²) >= 11 is 0. The number of pyridine rings is 1. The van der Waals surface area contributed by atoms with Gasteiger partial charge in [0, 0.05) is 24.6 Å². The van der Waals surface area contributed by atoms with Crippen molar-refractivity contribution in [1.29, 1.82) is 0 Å². The molecule has 0 amide bonds. The van der Waals surface area contributed by atoms with E-state index in [4.69, 9.17) is 0 Å². The van der Waals surface area contributed by atoms with E-state index < -0.39 is 0 Å². The normalized spacial score (nSPS) is 23.2. The maximum absolute atomic E-state index is 12.0. The predicted octanol–water partition coefficient (Wildman–Crippen LogP) is 2.18. The molecule has 0 spiro atoms. The van der Waals surface area contributed by atoms with Crippen LogP contribution in [0, 0.1) is 5.21 Å². The van der Waals surface area contributed by atoms with Gasteiger partial charge in [-0.3, -0.25) is 0 Å². The molecule has 0 bridgehead atoms. The minimum absolute atomic E-state index is 0.294. The summed E-state index contributed by atoms with van der Waals surface area (Å²) in [6.45, 7) is 1.91. The van der Waals surface area contributed by atoms with Crippen molar-refractivity contribution >= 4 is 0 Å². The smallest absolute Gasteiger partial charge is 0.196 e. The van der Waals surface area contributed by atoms with Gasteiger partial charge in [0.1, 0.15) is 0 Å². The van der Waals surface area contributed by atoms with E-state index in [2.05, 4.69) is 29.6 Å². The Bertz CT molecular complexity index is 541. The fourth-order valence-electron chi connectivity index (χ4n) is 2.99. The molecule has 1 saturated heterocycles. The van der Waals surface area contributed by atoms with Crippen molar-refractivity contribution in [3.8, 4) is 0 Å². The molecule has 1 fully saturated rings. The number of rotatable bonds is 2. The molecule has 1 aliphatic rings. The second kappa shape index (κ2) is 5.41. The molecular formula is C16H18N2O. The molecule has 0 radical (unpaired) electrons. The highest BCUT2D eigenvalue weighted by molar-refractivity contribution is 5.25. The van der Waals surface area contributed by atoms with Crippen molar-refractivity contribution in [2.75, 3.05) is 13.1 Å². The molecule has 98 valence electrons. The molecule has 3 rings (SSSR count). The van der Waals surface area contributed by atoms with Crippen LogP contribution in [-0.4, -0.2) is 13.1 Å². The Balaban J connectivity index is 1.96. The van der Waals surface area contributed by atoms with Gasteiger partial charge in [0.15, 0.2) is 11.9 Å². The molecule has 2 unspecified atom stereocenters. The highest BCUT2D eigenvalue weighted by Crippen LogP contribution is 2.35. The average molecular weight is 254 g/mol. The van der Waals surface area contributed by atoms with Gasteiger partial charge in [-0.15, -0.1) is 0 Å². The minimum atomic E-state index is 0.294. The lowest BCUT2D eigenvalue weighted by Gasteiger charge is -2.31. The first kappa shape index (κ1) is 12.2. The molecule has 0 aliphatic carbocycles. The molecule has 2 atom stereocenters. The fraction of sp³-hybridized carbons (Fsp3) is 0.312. The van der Waals surface area contributed by atoms with Gasteiger partial charge in [0.25, 0.3) is 0 Å². The Hall–Kier alpha value is -1.87. The average Bonchev–Trinajstić information content (AvgIpc) is 2.49. The molecule has 1 aliphatic heterocycles. The van der Waals surface area contributed by atoms with Gasteiger partial charge < -0.3 is 10.5 Å². The summed E-state index contributed by atoms with van der Waals surface area (Å²) in [6, 6.07) is 16.2. The summed E-state index contributed by atoms with van der Waals surface area (Å²) in [7, 11) is 0. The first-order valence-corrected chi connectivity index (χ1v) is 6.80. The van der Waals surface area contributed by atoms with Gasteiger partial charge in [-0.2, -0.15) is 4.73 Å². The summed E-state index contributed by atoms with van der Waals surface area (Å²) in [5.41, 5.74) is 2.20. The lowest BCUT2D eigenvalue weighted by atomic mass is 9.79. The first-order valence-electron chi connectivity index (χ1n) is 6.80. The Morgan fingerprint density at radius 2 is 1.79 bits per heavy atom. The van der Waals surface area contributed by atoms with E-state index in [1.807, 2.05) is 18.2 Å². The van der Waals surface area contributed by atoms with Crippen molar-refractivity contribution < 1.29 is 4.73 Å². The third-order valence-corrected chi connectivity index (χ3v) is 3.94. The van der Waals surface area contributed by atoms with Crippen LogP contribution in [0.1, 0.15) is 29.5 Å². The minimum Gasteiger partial charge on any atom is -0.618 e. The van der Waals surface area contributed by atoms with Gasteiger partial charge >= 0.3 is 0 Å². The number of hydrogen-bond donors (Lipinski definition) is 1. The monoisotopic (exact) mass is 254 g/mol. The summed E-state index contributed by atoms with van der Waals surface area (Å²) < 4.78 is 1.02. The van der Waals surface area contributed by atoms with Crippen LogP contribution >= 0.6 is 0 Å². The molecule has 3 heteroatoms. The quantitative estimate of drug-likeness (QED) is 0.659. The summed E-state index contributed by atoms with van der Waals surface area (Å²) in [5, 5.41) is 15.4. The summed E-state index contributed by atoms with van der Waals surface area (Å²) in [6.07, 6.45) is 2.60. The molecule has 0 saturated carbocycles. The van der Waals surface area contributed by atoms with Crippen molar-refractivity contribution in [3.05, 3.63) is 71.2 Å². The van der Waals surface area contributed by atoms with Crippen molar-refractivity contribution in [1.82, 2.24) is 5.32 Å². The predicted molar refractivity (Wildman–Crippen MR) is 74.8 cm³/mol. The van der Waals surface area contributed by atoms with E-state index in [0.29, 0.717) is 11.8 Å².